The minimum Gasteiger partial charge on any atom is -0.483 e. The minimum absolute atomic E-state index is 0.0653. The summed E-state index contributed by atoms with van der Waals surface area (Å²) in [5.41, 5.74) is 0.468. The normalized spacial score (nSPS) is 19.6. The van der Waals surface area contributed by atoms with Gasteiger partial charge in [-0.3, -0.25) is 4.79 Å². The Kier molecular flexibility index (Phi) is 5.74. The van der Waals surface area contributed by atoms with Crippen molar-refractivity contribution in [3.63, 3.8) is 0 Å². The lowest BCUT2D eigenvalue weighted by Crippen LogP contribution is -2.37. The Morgan fingerprint density at radius 1 is 1.17 bits per heavy atom. The molecule has 1 saturated heterocycles. The van der Waals surface area contributed by atoms with E-state index in [0.717, 1.165) is 62.9 Å². The van der Waals surface area contributed by atoms with Crippen LogP contribution in [-0.4, -0.2) is 47.8 Å². The molecular weight excluding hydrogens is 304 g/mol. The topological polar surface area (TPSA) is 61.8 Å². The van der Waals surface area contributed by atoms with Crippen LogP contribution in [0.3, 0.4) is 0 Å². The quantitative estimate of drug-likeness (QED) is 0.802. The summed E-state index contributed by atoms with van der Waals surface area (Å²) in [7, 11) is 0. The lowest BCUT2D eigenvalue weighted by molar-refractivity contribution is -0.132. The van der Waals surface area contributed by atoms with Gasteiger partial charge in [0.05, 0.1) is 5.60 Å². The van der Waals surface area contributed by atoms with E-state index in [4.69, 9.17) is 4.74 Å². The number of carbonyl (C=O) groups is 1. The van der Waals surface area contributed by atoms with Crippen molar-refractivity contribution in [1.82, 2.24) is 10.2 Å². The average molecular weight is 332 g/mol. The fourth-order valence-electron chi connectivity index (χ4n) is 3.63. The van der Waals surface area contributed by atoms with Crippen LogP contribution >= 0.6 is 0 Å². The second-order valence-electron chi connectivity index (χ2n) is 7.02. The van der Waals surface area contributed by atoms with Gasteiger partial charge in [-0.2, -0.15) is 0 Å². The van der Waals surface area contributed by atoms with E-state index in [-0.39, 0.29) is 12.5 Å². The van der Waals surface area contributed by atoms with Gasteiger partial charge in [-0.15, -0.1) is 0 Å². The van der Waals surface area contributed by atoms with Gasteiger partial charge in [-0.05, 0) is 31.7 Å². The summed E-state index contributed by atoms with van der Waals surface area (Å²) in [6, 6.07) is 7.79. The Labute approximate surface area is 144 Å². The number of carbonyl (C=O) groups excluding carboxylic acids is 1. The molecule has 1 amide bonds. The molecule has 1 aliphatic carbocycles. The summed E-state index contributed by atoms with van der Waals surface area (Å²) in [5.74, 6) is 0.812. The van der Waals surface area contributed by atoms with Gasteiger partial charge < -0.3 is 20.1 Å². The molecule has 0 aromatic heterocycles. The second-order valence-corrected chi connectivity index (χ2v) is 7.02. The average Bonchev–Trinajstić information content (AvgIpc) is 3.26. The Hall–Kier alpha value is -1.59. The fraction of sp³-hybridized carbons (Fsp3) is 0.632. The molecule has 132 valence electrons. The molecular formula is C19H28N2O3. The van der Waals surface area contributed by atoms with Crippen LogP contribution in [0.15, 0.2) is 24.3 Å². The molecule has 3 rings (SSSR count). The van der Waals surface area contributed by atoms with E-state index in [1.165, 1.54) is 0 Å². The Morgan fingerprint density at radius 2 is 1.88 bits per heavy atom. The van der Waals surface area contributed by atoms with Gasteiger partial charge in [0, 0.05) is 31.7 Å². The molecule has 1 aromatic carbocycles. The molecule has 2 aliphatic rings. The van der Waals surface area contributed by atoms with E-state index >= 15 is 0 Å². The van der Waals surface area contributed by atoms with Crippen LogP contribution in [0.25, 0.3) is 0 Å². The molecule has 0 radical (unpaired) electrons. The summed E-state index contributed by atoms with van der Waals surface area (Å²) >= 11 is 0. The first kappa shape index (κ1) is 17.2. The standard InChI is InChI=1S/C19H28N2O3/c22-18(21-11-5-6-12-21)14-24-17-8-2-1-7-16(17)13-20-15-19(23)9-3-4-10-19/h1-2,7-8,20,23H,3-6,9-15H2. The number of para-hydroxylation sites is 1. The molecule has 2 fully saturated rings. The summed E-state index contributed by atoms with van der Waals surface area (Å²) in [5, 5.41) is 13.7. The predicted molar refractivity (Wildman–Crippen MR) is 92.9 cm³/mol. The molecule has 0 bridgehead atoms. The molecule has 1 aliphatic heterocycles. The van der Waals surface area contributed by atoms with Gasteiger partial charge in [-0.1, -0.05) is 31.0 Å². The summed E-state index contributed by atoms with van der Waals surface area (Å²) < 4.78 is 5.77. The number of nitrogens with zero attached hydrogens (tertiary/aromatic N) is 1. The van der Waals surface area contributed by atoms with Crippen molar-refractivity contribution in [2.45, 2.75) is 50.7 Å². The maximum Gasteiger partial charge on any atom is 0.260 e. The van der Waals surface area contributed by atoms with Crippen LogP contribution in [0.5, 0.6) is 5.75 Å². The van der Waals surface area contributed by atoms with E-state index in [1.54, 1.807) is 0 Å². The largest absolute Gasteiger partial charge is 0.483 e. The van der Waals surface area contributed by atoms with Crippen molar-refractivity contribution >= 4 is 5.91 Å². The SMILES string of the molecule is O=C(COc1ccccc1CNCC1(O)CCCC1)N1CCCC1. The molecule has 2 N–H and O–H groups in total. The number of aliphatic hydroxyl groups is 1. The molecule has 1 heterocycles. The van der Waals surface area contributed by atoms with Crippen molar-refractivity contribution in [1.29, 1.82) is 0 Å². The van der Waals surface area contributed by atoms with Crippen LogP contribution in [0.4, 0.5) is 0 Å². The third-order valence-electron chi connectivity index (χ3n) is 5.09. The van der Waals surface area contributed by atoms with Gasteiger partial charge in [0.1, 0.15) is 5.75 Å². The second kappa shape index (κ2) is 7.99. The van der Waals surface area contributed by atoms with Crippen molar-refractivity contribution in [2.75, 3.05) is 26.2 Å². The van der Waals surface area contributed by atoms with Crippen molar-refractivity contribution in [3.05, 3.63) is 29.8 Å². The Balaban J connectivity index is 1.49. The molecule has 24 heavy (non-hydrogen) atoms. The maximum absolute atomic E-state index is 12.1. The molecule has 5 heteroatoms. The van der Waals surface area contributed by atoms with E-state index in [0.29, 0.717) is 13.1 Å². The number of nitrogens with one attached hydrogen (secondary N) is 1. The summed E-state index contributed by atoms with van der Waals surface area (Å²) in [6.07, 6.45) is 6.16. The number of hydrogen-bond donors (Lipinski definition) is 2. The minimum atomic E-state index is -0.554. The molecule has 0 spiro atoms. The molecule has 0 unspecified atom stereocenters. The fourth-order valence-corrected chi connectivity index (χ4v) is 3.63. The first-order valence-corrected chi connectivity index (χ1v) is 9.08. The number of ether oxygens (including phenoxy) is 1. The van der Waals surface area contributed by atoms with Gasteiger partial charge in [-0.25, -0.2) is 0 Å². The lowest BCUT2D eigenvalue weighted by atomic mass is 10.0. The summed E-state index contributed by atoms with van der Waals surface area (Å²) in [4.78, 5) is 14.0. The van der Waals surface area contributed by atoms with Crippen molar-refractivity contribution < 1.29 is 14.6 Å². The van der Waals surface area contributed by atoms with E-state index in [9.17, 15) is 9.90 Å². The zero-order valence-corrected chi connectivity index (χ0v) is 14.3. The zero-order chi connectivity index (χ0) is 16.8. The number of hydrogen-bond acceptors (Lipinski definition) is 4. The van der Waals surface area contributed by atoms with Gasteiger partial charge in [0.15, 0.2) is 6.61 Å². The number of rotatable bonds is 7. The number of amides is 1. The van der Waals surface area contributed by atoms with E-state index in [2.05, 4.69) is 5.32 Å². The van der Waals surface area contributed by atoms with Crippen LogP contribution in [0.1, 0.15) is 44.1 Å². The third-order valence-corrected chi connectivity index (χ3v) is 5.09. The Morgan fingerprint density at radius 3 is 2.62 bits per heavy atom. The van der Waals surface area contributed by atoms with Crippen molar-refractivity contribution in [2.24, 2.45) is 0 Å². The number of benzene rings is 1. The van der Waals surface area contributed by atoms with E-state index < -0.39 is 5.60 Å². The monoisotopic (exact) mass is 332 g/mol. The highest BCUT2D eigenvalue weighted by molar-refractivity contribution is 5.78. The van der Waals surface area contributed by atoms with Crippen LogP contribution < -0.4 is 10.1 Å². The Bertz CT molecular complexity index is 549. The van der Waals surface area contributed by atoms with Crippen LogP contribution in [0.2, 0.25) is 0 Å². The molecule has 1 aromatic rings. The van der Waals surface area contributed by atoms with Gasteiger partial charge in [0.25, 0.3) is 5.91 Å². The smallest absolute Gasteiger partial charge is 0.260 e. The molecule has 1 saturated carbocycles. The third kappa shape index (κ3) is 4.48. The highest BCUT2D eigenvalue weighted by atomic mass is 16.5. The van der Waals surface area contributed by atoms with Crippen LogP contribution in [0, 0.1) is 0 Å². The number of likely N-dealkylation sites (tertiary alicyclic amines) is 1. The molecule has 0 atom stereocenters. The first-order chi connectivity index (χ1) is 11.7. The van der Waals surface area contributed by atoms with Gasteiger partial charge >= 0.3 is 0 Å². The first-order valence-electron chi connectivity index (χ1n) is 9.08. The maximum atomic E-state index is 12.1. The lowest BCUT2D eigenvalue weighted by Gasteiger charge is -2.23. The van der Waals surface area contributed by atoms with Crippen molar-refractivity contribution in [3.8, 4) is 5.75 Å². The zero-order valence-electron chi connectivity index (χ0n) is 14.3. The van der Waals surface area contributed by atoms with E-state index in [1.807, 2.05) is 29.2 Å². The highest BCUT2D eigenvalue weighted by Gasteiger charge is 2.30. The summed E-state index contributed by atoms with van der Waals surface area (Å²) in [6.45, 7) is 3.04. The van der Waals surface area contributed by atoms with Crippen LogP contribution in [-0.2, 0) is 11.3 Å². The van der Waals surface area contributed by atoms with Gasteiger partial charge in [0.2, 0.25) is 0 Å². The highest BCUT2D eigenvalue weighted by Crippen LogP contribution is 2.28. The molecule has 5 nitrogen and oxygen atoms in total. The predicted octanol–water partition coefficient (Wildman–Crippen LogP) is 2.08.